The van der Waals surface area contributed by atoms with Gasteiger partial charge in [-0.25, -0.2) is 0 Å². The van der Waals surface area contributed by atoms with E-state index in [0.717, 1.165) is 0 Å². The molecule has 0 unspecified atom stereocenters. The van der Waals surface area contributed by atoms with Crippen molar-refractivity contribution in [2.24, 2.45) is 4.99 Å². The highest BCUT2D eigenvalue weighted by atomic mass is 14.7. The normalized spacial score (nSPS) is 16.5. The Morgan fingerprint density at radius 2 is 2.10 bits per heavy atom. The molecule has 0 aromatic heterocycles. The summed E-state index contributed by atoms with van der Waals surface area (Å²) in [5.41, 5.74) is 1.26. The first-order chi connectivity index (χ1) is 4.89. The Hall–Kier alpha value is -0.590. The van der Waals surface area contributed by atoms with Crippen molar-refractivity contribution < 1.29 is 0 Å². The van der Waals surface area contributed by atoms with Crippen LogP contribution in [-0.2, 0) is 0 Å². The van der Waals surface area contributed by atoms with Crippen molar-refractivity contribution in [3.05, 3.63) is 12.3 Å². The monoisotopic (exact) mass is 139 g/mol. The van der Waals surface area contributed by atoms with E-state index in [9.17, 15) is 0 Å². The first-order valence-corrected chi connectivity index (χ1v) is 4.08. The minimum atomic E-state index is 1.17. The lowest BCUT2D eigenvalue weighted by atomic mass is 10.2. The smallest absolute Gasteiger partial charge is 0.0227 e. The molecule has 1 nitrogen and oxygen atoms in total. The molecular weight excluding hydrogens is 122 g/mol. The second kappa shape index (κ2) is 6.53. The van der Waals surface area contributed by atoms with Gasteiger partial charge in [-0.05, 0) is 26.2 Å². The van der Waals surface area contributed by atoms with Gasteiger partial charge in [-0.3, -0.25) is 4.99 Å². The Bertz CT molecular complexity index is 123. The molecule has 0 aromatic carbocycles. The first-order valence-electron chi connectivity index (χ1n) is 4.08. The van der Waals surface area contributed by atoms with Crippen LogP contribution in [0.15, 0.2) is 17.3 Å². The topological polar surface area (TPSA) is 12.4 Å². The summed E-state index contributed by atoms with van der Waals surface area (Å²) in [5, 5.41) is 0. The van der Waals surface area contributed by atoms with Crippen LogP contribution >= 0.6 is 0 Å². The molecule has 0 radical (unpaired) electrons. The van der Waals surface area contributed by atoms with Gasteiger partial charge in [-0.1, -0.05) is 19.9 Å². The van der Waals surface area contributed by atoms with Crippen LogP contribution in [0, 0.1) is 0 Å². The molecule has 0 spiro atoms. The van der Waals surface area contributed by atoms with Crippen LogP contribution in [-0.4, -0.2) is 5.71 Å². The quantitative estimate of drug-likeness (QED) is 0.489. The zero-order chi connectivity index (χ0) is 7.82. The van der Waals surface area contributed by atoms with Gasteiger partial charge in [-0.2, -0.15) is 0 Å². The molecule has 0 N–H and O–H groups in total. The molecule has 1 aliphatic heterocycles. The van der Waals surface area contributed by atoms with Crippen LogP contribution in [0.5, 0.6) is 0 Å². The van der Waals surface area contributed by atoms with Crippen molar-refractivity contribution in [3.8, 4) is 0 Å². The minimum Gasteiger partial charge on any atom is -0.266 e. The molecule has 0 bridgehead atoms. The number of hydrogen-bond acceptors (Lipinski definition) is 1. The molecule has 1 heteroatoms. The molecule has 58 valence electrons. The third kappa shape index (κ3) is 4.30. The average Bonchev–Trinajstić information content (AvgIpc) is 2.21. The van der Waals surface area contributed by atoms with Crippen LogP contribution in [0.1, 0.15) is 40.0 Å². The maximum Gasteiger partial charge on any atom is 0.0227 e. The maximum atomic E-state index is 4.16. The summed E-state index contributed by atoms with van der Waals surface area (Å²) in [4.78, 5) is 4.16. The van der Waals surface area contributed by atoms with E-state index in [1.165, 1.54) is 25.0 Å². The van der Waals surface area contributed by atoms with E-state index < -0.39 is 0 Å². The average molecular weight is 139 g/mol. The number of allylic oxidation sites excluding steroid dienone is 1. The fraction of sp³-hybridized carbons (Fsp3) is 0.667. The van der Waals surface area contributed by atoms with Crippen molar-refractivity contribution in [2.75, 3.05) is 0 Å². The lowest BCUT2D eigenvalue weighted by Crippen LogP contribution is -1.86. The molecule has 0 aliphatic carbocycles. The van der Waals surface area contributed by atoms with E-state index in [1.807, 2.05) is 20.0 Å². The van der Waals surface area contributed by atoms with Gasteiger partial charge in [0.05, 0.1) is 0 Å². The molecule has 0 saturated heterocycles. The van der Waals surface area contributed by atoms with Gasteiger partial charge in [0.25, 0.3) is 0 Å². The van der Waals surface area contributed by atoms with Crippen molar-refractivity contribution in [1.82, 2.24) is 0 Å². The molecule has 10 heavy (non-hydrogen) atoms. The van der Waals surface area contributed by atoms with Crippen molar-refractivity contribution >= 4 is 5.71 Å². The molecule has 1 aliphatic rings. The molecule has 0 amide bonds. The summed E-state index contributed by atoms with van der Waals surface area (Å²) in [7, 11) is 0. The Morgan fingerprint density at radius 3 is 2.80 bits per heavy atom. The van der Waals surface area contributed by atoms with Gasteiger partial charge in [-0.15, -0.1) is 0 Å². The fourth-order valence-corrected chi connectivity index (χ4v) is 0.795. The maximum absolute atomic E-state index is 4.16. The summed E-state index contributed by atoms with van der Waals surface area (Å²) in [6, 6.07) is 0. The van der Waals surface area contributed by atoms with Crippen LogP contribution < -0.4 is 0 Å². The summed E-state index contributed by atoms with van der Waals surface area (Å²) in [6.45, 7) is 6.08. The standard InChI is InChI=1S/C7H11N.C2H6/c1-7-5-3-2-4-6-8-7;1-2/h4,6H,2-3,5H2,1H3;1-2H3. The van der Waals surface area contributed by atoms with E-state index in [1.54, 1.807) is 0 Å². The van der Waals surface area contributed by atoms with E-state index in [-0.39, 0.29) is 0 Å². The van der Waals surface area contributed by atoms with Gasteiger partial charge in [0.2, 0.25) is 0 Å². The Kier molecular flexibility index (Phi) is 6.14. The molecule has 1 rings (SSSR count). The lowest BCUT2D eigenvalue weighted by Gasteiger charge is -1.89. The highest BCUT2D eigenvalue weighted by Gasteiger charge is 1.91. The molecule has 0 atom stereocenters. The second-order valence-corrected chi connectivity index (χ2v) is 2.14. The highest BCUT2D eigenvalue weighted by Crippen LogP contribution is 2.03. The van der Waals surface area contributed by atoms with Gasteiger partial charge in [0, 0.05) is 11.9 Å². The summed E-state index contributed by atoms with van der Waals surface area (Å²) in [6.07, 6.45) is 7.67. The second-order valence-electron chi connectivity index (χ2n) is 2.14. The number of rotatable bonds is 0. The zero-order valence-corrected chi connectivity index (χ0v) is 7.22. The molecule has 0 fully saturated rings. The molecule has 0 saturated carbocycles. The molecule has 0 aromatic rings. The van der Waals surface area contributed by atoms with E-state index >= 15 is 0 Å². The van der Waals surface area contributed by atoms with Crippen LogP contribution in [0.25, 0.3) is 0 Å². The summed E-state index contributed by atoms with van der Waals surface area (Å²) >= 11 is 0. The van der Waals surface area contributed by atoms with Crippen LogP contribution in [0.3, 0.4) is 0 Å². The first kappa shape index (κ1) is 9.41. The van der Waals surface area contributed by atoms with Crippen molar-refractivity contribution in [3.63, 3.8) is 0 Å². The highest BCUT2D eigenvalue weighted by molar-refractivity contribution is 5.82. The summed E-state index contributed by atoms with van der Waals surface area (Å²) in [5.74, 6) is 0. The Balaban J connectivity index is 0.000000371. The zero-order valence-electron chi connectivity index (χ0n) is 7.22. The number of aliphatic imine (C=N–C) groups is 1. The van der Waals surface area contributed by atoms with Crippen LogP contribution in [0.2, 0.25) is 0 Å². The van der Waals surface area contributed by atoms with Crippen molar-refractivity contribution in [1.29, 1.82) is 0 Å². The summed E-state index contributed by atoms with van der Waals surface area (Å²) < 4.78 is 0. The largest absolute Gasteiger partial charge is 0.266 e. The van der Waals surface area contributed by atoms with Crippen LogP contribution in [0.4, 0.5) is 0 Å². The van der Waals surface area contributed by atoms with Gasteiger partial charge in [0.1, 0.15) is 0 Å². The lowest BCUT2D eigenvalue weighted by molar-refractivity contribution is 0.900. The SMILES string of the molecule is CC.CC1=NC=CCCC1. The predicted molar refractivity (Wildman–Crippen MR) is 47.4 cm³/mol. The van der Waals surface area contributed by atoms with E-state index in [4.69, 9.17) is 0 Å². The minimum absolute atomic E-state index is 1.17. The van der Waals surface area contributed by atoms with Gasteiger partial charge >= 0.3 is 0 Å². The Morgan fingerprint density at radius 1 is 1.40 bits per heavy atom. The van der Waals surface area contributed by atoms with Crippen molar-refractivity contribution in [2.45, 2.75) is 40.0 Å². The van der Waals surface area contributed by atoms with Gasteiger partial charge < -0.3 is 0 Å². The van der Waals surface area contributed by atoms with E-state index in [2.05, 4.69) is 18.0 Å². The third-order valence-electron chi connectivity index (χ3n) is 1.31. The van der Waals surface area contributed by atoms with E-state index in [0.29, 0.717) is 0 Å². The number of hydrogen-bond donors (Lipinski definition) is 0. The molecular formula is C9H17N. The Labute approximate surface area is 63.9 Å². The predicted octanol–water partition coefficient (Wildman–Crippen LogP) is 3.17. The molecule has 1 heterocycles. The third-order valence-corrected chi connectivity index (χ3v) is 1.31. The fourth-order valence-electron chi connectivity index (χ4n) is 0.795. The van der Waals surface area contributed by atoms with Gasteiger partial charge in [0.15, 0.2) is 0 Å². The number of nitrogens with zero attached hydrogens (tertiary/aromatic N) is 1.